The lowest BCUT2D eigenvalue weighted by molar-refractivity contribution is -0.136. The van der Waals surface area contributed by atoms with Crippen molar-refractivity contribution in [3.63, 3.8) is 0 Å². The standard InChI is InChI=1S/C44H44N10O8S/c1-43(2)30-22-26(13-14-27(30)41(60)62-43)46-42-45-23-29(36(48-42)49-44(63,24-55)25-8-4-3-5-9-25)38-51-50-34(61-38)12-7-17-52-18-20-53(21-19-52)31-11-6-10-28-35(31)40(59)54(39(28)58)32-15-16-33(56)47-37(32)57/h3-6,8-11,13-14,22-23,32,55,63H,7,12,15-21,24H2,1-2H3,(H,47,56,57)(H2,45,46,48,49)/t32?,44-/m1/s1. The molecule has 4 aliphatic rings. The number of hydrogen-bond donors (Lipinski definition) is 5. The van der Waals surface area contributed by atoms with Crippen LogP contribution in [0.4, 0.5) is 23.1 Å². The number of aromatic nitrogens is 4. The van der Waals surface area contributed by atoms with E-state index >= 15 is 0 Å². The van der Waals surface area contributed by atoms with Gasteiger partial charge in [-0.3, -0.25) is 34.3 Å². The molecule has 63 heavy (non-hydrogen) atoms. The van der Waals surface area contributed by atoms with Crippen LogP contribution >= 0.6 is 12.6 Å². The molecule has 0 bridgehead atoms. The molecule has 4 N–H and O–H groups in total. The Kier molecular flexibility index (Phi) is 10.9. The zero-order valence-corrected chi connectivity index (χ0v) is 35.4. The predicted molar refractivity (Wildman–Crippen MR) is 231 cm³/mol. The third-order valence-corrected chi connectivity index (χ3v) is 12.3. The van der Waals surface area contributed by atoms with Crippen molar-refractivity contribution in [3.05, 3.63) is 107 Å². The van der Waals surface area contributed by atoms with Gasteiger partial charge in [0.25, 0.3) is 17.7 Å². The number of nitrogens with zero attached hydrogens (tertiary/aromatic N) is 7. The fourth-order valence-electron chi connectivity index (χ4n) is 8.47. The van der Waals surface area contributed by atoms with E-state index in [0.29, 0.717) is 73.0 Å². The lowest BCUT2D eigenvalue weighted by atomic mass is 9.95. The number of ether oxygens (including phenoxy) is 1. The van der Waals surface area contributed by atoms with Crippen molar-refractivity contribution in [1.29, 1.82) is 0 Å². The van der Waals surface area contributed by atoms with Gasteiger partial charge in [-0.15, -0.1) is 22.8 Å². The molecular weight excluding hydrogens is 829 g/mol. The van der Waals surface area contributed by atoms with Gasteiger partial charge in [-0.2, -0.15) is 4.98 Å². The number of benzene rings is 3. The van der Waals surface area contributed by atoms with E-state index in [-0.39, 0.29) is 47.6 Å². The number of thiol groups is 1. The van der Waals surface area contributed by atoms with Crippen LogP contribution in [0.2, 0.25) is 0 Å². The van der Waals surface area contributed by atoms with E-state index in [9.17, 15) is 29.1 Å². The van der Waals surface area contributed by atoms with Crippen LogP contribution in [0.1, 0.15) is 81.2 Å². The average molecular weight is 873 g/mol. The summed E-state index contributed by atoms with van der Waals surface area (Å²) in [6.07, 6.45) is 2.91. The summed E-state index contributed by atoms with van der Waals surface area (Å²) in [7, 11) is 0. The molecule has 1 unspecified atom stereocenters. The molecule has 4 aliphatic heterocycles. The van der Waals surface area contributed by atoms with Gasteiger partial charge in [0.15, 0.2) is 0 Å². The maximum Gasteiger partial charge on any atom is 0.339 e. The first-order valence-electron chi connectivity index (χ1n) is 20.7. The molecule has 5 aromatic rings. The van der Waals surface area contributed by atoms with E-state index in [1.807, 2.05) is 56.3 Å². The number of aryl methyl sites for hydroxylation is 1. The van der Waals surface area contributed by atoms with Crippen molar-refractivity contribution in [2.75, 3.05) is 54.9 Å². The highest BCUT2D eigenvalue weighted by atomic mass is 32.1. The fraction of sp³-hybridized carbons (Fsp3) is 0.341. The number of hydrogen-bond acceptors (Lipinski definition) is 17. The van der Waals surface area contributed by atoms with E-state index in [4.69, 9.17) is 26.8 Å². The van der Waals surface area contributed by atoms with Crippen molar-refractivity contribution in [2.24, 2.45) is 0 Å². The summed E-state index contributed by atoms with van der Waals surface area (Å²) in [5.74, 6) is -1.40. The number of imide groups is 2. The summed E-state index contributed by atoms with van der Waals surface area (Å²) in [6, 6.07) is 18.7. The van der Waals surface area contributed by atoms with Crippen LogP contribution in [-0.4, -0.2) is 110 Å². The van der Waals surface area contributed by atoms with Crippen LogP contribution in [0.25, 0.3) is 11.5 Å². The number of aliphatic hydroxyl groups is 1. The number of piperidine rings is 1. The predicted octanol–water partition coefficient (Wildman–Crippen LogP) is 4.02. The van der Waals surface area contributed by atoms with E-state index in [2.05, 4.69) is 40.9 Å². The van der Waals surface area contributed by atoms with Crippen molar-refractivity contribution < 1.29 is 38.2 Å². The Balaban J connectivity index is 0.860. The highest BCUT2D eigenvalue weighted by Crippen LogP contribution is 2.39. The molecule has 2 aromatic heterocycles. The Hall–Kier alpha value is -6.70. The molecule has 0 radical (unpaired) electrons. The molecule has 2 atom stereocenters. The minimum absolute atomic E-state index is 0.0580. The van der Waals surface area contributed by atoms with Gasteiger partial charge in [0.05, 0.1) is 34.5 Å². The largest absolute Gasteiger partial charge is 0.451 e. The van der Waals surface area contributed by atoms with Gasteiger partial charge < -0.3 is 29.8 Å². The van der Waals surface area contributed by atoms with E-state index in [0.717, 1.165) is 17.0 Å². The Morgan fingerprint density at radius 1 is 0.937 bits per heavy atom. The van der Waals surface area contributed by atoms with E-state index in [1.165, 1.54) is 0 Å². The number of aliphatic hydroxyl groups excluding tert-OH is 1. The van der Waals surface area contributed by atoms with Crippen LogP contribution < -0.4 is 20.9 Å². The number of piperazine rings is 1. The second-order valence-electron chi connectivity index (χ2n) is 16.3. The number of carbonyl (C=O) groups excluding carboxylic acids is 5. The maximum atomic E-state index is 13.7. The van der Waals surface area contributed by atoms with Crippen molar-refractivity contribution in [2.45, 2.75) is 56.0 Å². The monoisotopic (exact) mass is 872 g/mol. The molecule has 0 aliphatic carbocycles. The number of rotatable bonds is 13. The fourth-order valence-corrected chi connectivity index (χ4v) is 8.72. The van der Waals surface area contributed by atoms with Gasteiger partial charge in [0.1, 0.15) is 22.3 Å². The van der Waals surface area contributed by atoms with Crippen LogP contribution in [-0.2, 0) is 31.2 Å². The first kappa shape index (κ1) is 41.6. The van der Waals surface area contributed by atoms with Crippen molar-refractivity contribution >= 4 is 65.4 Å². The van der Waals surface area contributed by atoms with Gasteiger partial charge >= 0.3 is 5.97 Å². The van der Waals surface area contributed by atoms with Gasteiger partial charge in [-0.25, -0.2) is 9.78 Å². The van der Waals surface area contributed by atoms with Crippen molar-refractivity contribution in [1.82, 2.24) is 35.3 Å². The molecule has 9 rings (SSSR count). The molecule has 6 heterocycles. The smallest absolute Gasteiger partial charge is 0.339 e. The number of esters is 1. The molecule has 324 valence electrons. The number of fused-ring (bicyclic) bond motifs is 2. The first-order valence-corrected chi connectivity index (χ1v) is 21.1. The molecule has 18 nitrogen and oxygen atoms in total. The molecular formula is C44H44N10O8S. The molecule has 2 fully saturated rings. The topological polar surface area (TPSA) is 225 Å². The van der Waals surface area contributed by atoms with Crippen LogP contribution in [0.3, 0.4) is 0 Å². The number of amides is 4. The lowest BCUT2D eigenvalue weighted by Gasteiger charge is -2.36. The Morgan fingerprint density at radius 3 is 2.49 bits per heavy atom. The van der Waals surface area contributed by atoms with Gasteiger partial charge in [0.2, 0.25) is 23.7 Å². The molecule has 19 heteroatoms. The quantitative estimate of drug-likeness (QED) is 0.0488. The minimum Gasteiger partial charge on any atom is -0.451 e. The van der Waals surface area contributed by atoms with Crippen LogP contribution in [0.5, 0.6) is 0 Å². The normalized spacial score (nSPS) is 19.4. The third-order valence-electron chi connectivity index (χ3n) is 11.8. The maximum absolute atomic E-state index is 13.7. The second kappa shape index (κ2) is 16.5. The zero-order valence-electron chi connectivity index (χ0n) is 34.5. The highest BCUT2D eigenvalue weighted by molar-refractivity contribution is 7.81. The Labute approximate surface area is 366 Å². The Morgan fingerprint density at radius 2 is 1.73 bits per heavy atom. The Bertz CT molecular complexity index is 2650. The highest BCUT2D eigenvalue weighted by Gasteiger charge is 2.46. The molecule has 4 amide bonds. The molecule has 0 saturated carbocycles. The molecule has 0 spiro atoms. The summed E-state index contributed by atoms with van der Waals surface area (Å²) in [5.41, 5.74) is 3.36. The zero-order chi connectivity index (χ0) is 44.0. The molecule has 3 aromatic carbocycles. The summed E-state index contributed by atoms with van der Waals surface area (Å²) in [4.78, 5) is 77.2. The molecule has 2 saturated heterocycles. The number of nitrogens with one attached hydrogen (secondary N) is 3. The second-order valence-corrected chi connectivity index (χ2v) is 17.1. The summed E-state index contributed by atoms with van der Waals surface area (Å²) < 4.78 is 11.7. The number of anilines is 4. The van der Waals surface area contributed by atoms with Crippen molar-refractivity contribution in [3.8, 4) is 11.5 Å². The summed E-state index contributed by atoms with van der Waals surface area (Å²) >= 11 is 4.85. The average Bonchev–Trinajstić information content (AvgIpc) is 3.92. The SMILES string of the molecule is CC1(C)OC(=O)c2ccc(Nc3ncc(-c4nnc(CCCN5CCN(c6cccc7c6C(=O)N(C6CCC(=O)NC6=O)C7=O)CC5)o4)c(N[C@@](S)(CO)c4ccccc4)n3)cc21. The minimum atomic E-state index is -1.26. The summed E-state index contributed by atoms with van der Waals surface area (Å²) in [5, 5.41) is 28.0. The number of carbonyl (C=O) groups is 5. The van der Waals surface area contributed by atoms with Crippen LogP contribution in [0, 0.1) is 0 Å². The lowest BCUT2D eigenvalue weighted by Crippen LogP contribution is -2.54. The van der Waals surface area contributed by atoms with E-state index in [1.54, 1.807) is 30.5 Å². The van der Waals surface area contributed by atoms with Gasteiger partial charge in [-0.1, -0.05) is 36.4 Å². The van der Waals surface area contributed by atoms with Gasteiger partial charge in [-0.05, 0) is 69.1 Å². The first-order chi connectivity index (χ1) is 30.3. The van der Waals surface area contributed by atoms with Crippen LogP contribution in [0.15, 0.2) is 77.3 Å². The third kappa shape index (κ3) is 7.98. The number of cyclic esters (lactones) is 1. The van der Waals surface area contributed by atoms with Gasteiger partial charge in [0, 0.05) is 56.5 Å². The van der Waals surface area contributed by atoms with E-state index < -0.39 is 46.7 Å². The summed E-state index contributed by atoms with van der Waals surface area (Å²) in [6.45, 7) is 6.65.